The average Bonchev–Trinajstić information content (AvgIpc) is 3.50. The van der Waals surface area contributed by atoms with Gasteiger partial charge in [0.1, 0.15) is 0 Å². The molecule has 0 atom stereocenters. The first-order chi connectivity index (χ1) is 15.7. The van der Waals surface area contributed by atoms with Crippen LogP contribution in [0.15, 0.2) is 71.6 Å². The van der Waals surface area contributed by atoms with Gasteiger partial charge in [-0.25, -0.2) is 14.5 Å². The lowest BCUT2D eigenvalue weighted by molar-refractivity contribution is 0.295. The van der Waals surface area contributed by atoms with Crippen LogP contribution >= 0.6 is 0 Å². The summed E-state index contributed by atoms with van der Waals surface area (Å²) in [7, 11) is 0. The van der Waals surface area contributed by atoms with E-state index < -0.39 is 0 Å². The molecule has 1 aliphatic heterocycles. The van der Waals surface area contributed by atoms with Gasteiger partial charge in [-0.1, -0.05) is 24.3 Å². The van der Waals surface area contributed by atoms with Gasteiger partial charge in [0, 0.05) is 31.2 Å². The van der Waals surface area contributed by atoms with Gasteiger partial charge in [-0.2, -0.15) is 0 Å². The molecule has 32 heavy (non-hydrogen) atoms. The molecule has 158 valence electrons. The Morgan fingerprint density at radius 1 is 1.06 bits per heavy atom. The van der Waals surface area contributed by atoms with Crippen LogP contribution in [0, 0.1) is 0 Å². The molecule has 5 heterocycles. The predicted octanol–water partition coefficient (Wildman–Crippen LogP) is 3.80. The summed E-state index contributed by atoms with van der Waals surface area (Å²) in [4.78, 5) is 16.0. The average molecular weight is 423 g/mol. The highest BCUT2D eigenvalue weighted by molar-refractivity contribution is 5.81. The minimum Gasteiger partial charge on any atom is -0.461 e. The Balaban J connectivity index is 1.24. The Bertz CT molecular complexity index is 1450. The minimum absolute atomic E-state index is 0.361. The summed E-state index contributed by atoms with van der Waals surface area (Å²) in [6.07, 6.45) is 8.50. The number of rotatable bonds is 4. The molecule has 0 spiro atoms. The highest BCUT2D eigenvalue weighted by Crippen LogP contribution is 2.26. The predicted molar refractivity (Wildman–Crippen MR) is 123 cm³/mol. The van der Waals surface area contributed by atoms with Gasteiger partial charge < -0.3 is 10.2 Å². The maximum absolute atomic E-state index is 6.20. The highest BCUT2D eigenvalue weighted by atomic mass is 16.3. The highest BCUT2D eigenvalue weighted by Gasteiger charge is 2.18. The molecule has 4 aromatic heterocycles. The third kappa shape index (κ3) is 3.30. The molecule has 0 bridgehead atoms. The van der Waals surface area contributed by atoms with E-state index in [1.807, 2.05) is 24.5 Å². The van der Waals surface area contributed by atoms with E-state index in [1.54, 1.807) is 16.8 Å². The number of nitrogens with two attached hydrogens (primary N) is 1. The third-order valence-corrected chi connectivity index (χ3v) is 5.84. The summed E-state index contributed by atoms with van der Waals surface area (Å²) >= 11 is 0. The van der Waals surface area contributed by atoms with Crippen LogP contribution in [0.5, 0.6) is 0 Å². The van der Waals surface area contributed by atoms with E-state index in [4.69, 9.17) is 10.2 Å². The van der Waals surface area contributed by atoms with Gasteiger partial charge >= 0.3 is 0 Å². The third-order valence-electron chi connectivity index (χ3n) is 5.84. The fraction of sp³-hybridized carbons (Fsp3) is 0.167. The zero-order valence-electron chi connectivity index (χ0n) is 17.3. The van der Waals surface area contributed by atoms with Gasteiger partial charge in [-0.3, -0.25) is 9.88 Å². The molecule has 8 nitrogen and oxygen atoms in total. The molecule has 0 saturated heterocycles. The van der Waals surface area contributed by atoms with Crippen molar-refractivity contribution in [1.82, 2.24) is 29.5 Å². The van der Waals surface area contributed by atoms with E-state index in [0.29, 0.717) is 23.0 Å². The molecule has 0 saturated carbocycles. The van der Waals surface area contributed by atoms with Crippen molar-refractivity contribution in [3.8, 4) is 11.6 Å². The maximum atomic E-state index is 6.20. The topological polar surface area (TPSA) is 98.4 Å². The van der Waals surface area contributed by atoms with Gasteiger partial charge in [-0.15, -0.1) is 5.10 Å². The van der Waals surface area contributed by atoms with Gasteiger partial charge in [0.15, 0.2) is 17.2 Å². The zero-order chi connectivity index (χ0) is 21.5. The normalized spacial score (nSPS) is 14.8. The number of nitrogens with zero attached hydrogens (tertiary/aromatic N) is 6. The monoisotopic (exact) mass is 423 g/mol. The molecule has 0 unspecified atom stereocenters. The van der Waals surface area contributed by atoms with Crippen molar-refractivity contribution in [1.29, 1.82) is 0 Å². The van der Waals surface area contributed by atoms with Crippen LogP contribution in [0.1, 0.15) is 17.7 Å². The zero-order valence-corrected chi connectivity index (χ0v) is 17.3. The first-order valence-electron chi connectivity index (χ1n) is 10.6. The van der Waals surface area contributed by atoms with E-state index in [-0.39, 0.29) is 0 Å². The quantitative estimate of drug-likeness (QED) is 0.469. The second-order valence-corrected chi connectivity index (χ2v) is 7.89. The van der Waals surface area contributed by atoms with Crippen LogP contribution in [-0.2, 0) is 6.54 Å². The van der Waals surface area contributed by atoms with E-state index in [1.165, 1.54) is 16.5 Å². The van der Waals surface area contributed by atoms with Gasteiger partial charge in [0.05, 0.1) is 23.7 Å². The number of aromatic nitrogens is 5. The smallest absolute Gasteiger partial charge is 0.218 e. The molecule has 0 aliphatic carbocycles. The molecule has 0 fully saturated rings. The molecule has 8 heteroatoms. The van der Waals surface area contributed by atoms with Crippen molar-refractivity contribution in [2.24, 2.45) is 0 Å². The second kappa shape index (κ2) is 7.58. The van der Waals surface area contributed by atoms with Crippen LogP contribution in [0.25, 0.3) is 33.7 Å². The molecular weight excluding hydrogens is 402 g/mol. The fourth-order valence-corrected chi connectivity index (χ4v) is 4.20. The number of fused-ring (bicyclic) bond motifs is 2. The molecular formula is C24H21N7O. The first kappa shape index (κ1) is 18.7. The fourth-order valence-electron chi connectivity index (χ4n) is 4.20. The van der Waals surface area contributed by atoms with Crippen molar-refractivity contribution < 1.29 is 4.42 Å². The summed E-state index contributed by atoms with van der Waals surface area (Å²) in [6, 6.07) is 14.0. The van der Waals surface area contributed by atoms with E-state index in [2.05, 4.69) is 55.3 Å². The van der Waals surface area contributed by atoms with Gasteiger partial charge in [0.25, 0.3) is 0 Å². The van der Waals surface area contributed by atoms with Crippen LogP contribution in [0.2, 0.25) is 0 Å². The maximum Gasteiger partial charge on any atom is 0.218 e. The van der Waals surface area contributed by atoms with Crippen LogP contribution < -0.4 is 5.73 Å². The lowest BCUT2D eigenvalue weighted by atomic mass is 10.0. The van der Waals surface area contributed by atoms with E-state index in [0.717, 1.165) is 37.3 Å². The Morgan fingerprint density at radius 2 is 2.00 bits per heavy atom. The summed E-state index contributed by atoms with van der Waals surface area (Å²) in [5.74, 6) is 1.46. The molecule has 1 aliphatic rings. The molecule has 2 N–H and O–H groups in total. The van der Waals surface area contributed by atoms with Gasteiger partial charge in [-0.05, 0) is 41.8 Å². The van der Waals surface area contributed by atoms with Gasteiger partial charge in [0.2, 0.25) is 5.82 Å². The number of pyridine rings is 1. The van der Waals surface area contributed by atoms with Crippen molar-refractivity contribution >= 4 is 27.9 Å². The summed E-state index contributed by atoms with van der Waals surface area (Å²) in [6.45, 7) is 2.68. The minimum atomic E-state index is 0.361. The SMILES string of the molecule is Nc1nc(C2=CCN(Cc3ccnc4ccccc34)CC2)cn2nc(-c3ccco3)nc12. The molecule has 6 rings (SSSR count). The number of nitrogen functional groups attached to an aromatic ring is 1. The standard InChI is InChI=1S/C24H21N7O/c25-22-24-28-23(21-6-3-13-32-21)29-31(24)15-20(27-22)16-8-11-30(12-9-16)14-17-7-10-26-19-5-2-1-4-18(17)19/h1-8,10,13,15H,9,11-12,14H2,(H2,25,27). The Kier molecular flexibility index (Phi) is 4.43. The van der Waals surface area contributed by atoms with Crippen molar-refractivity contribution in [3.05, 3.63) is 78.5 Å². The largest absolute Gasteiger partial charge is 0.461 e. The van der Waals surface area contributed by atoms with Crippen LogP contribution in [-0.4, -0.2) is 42.6 Å². The summed E-state index contributed by atoms with van der Waals surface area (Å²) in [5.41, 5.74) is 11.1. The Labute approximate surface area is 184 Å². The number of anilines is 1. The molecule has 0 amide bonds. The molecule has 1 aromatic carbocycles. The Morgan fingerprint density at radius 3 is 2.84 bits per heavy atom. The van der Waals surface area contributed by atoms with Crippen molar-refractivity contribution in [3.63, 3.8) is 0 Å². The first-order valence-corrected chi connectivity index (χ1v) is 10.6. The lowest BCUT2D eigenvalue weighted by Crippen LogP contribution is -2.28. The summed E-state index contributed by atoms with van der Waals surface area (Å²) in [5, 5.41) is 5.73. The number of furan rings is 1. The van der Waals surface area contributed by atoms with Crippen molar-refractivity contribution in [2.75, 3.05) is 18.8 Å². The van der Waals surface area contributed by atoms with E-state index >= 15 is 0 Å². The molecule has 0 radical (unpaired) electrons. The number of hydrogen-bond donors (Lipinski definition) is 1. The number of benzene rings is 1. The van der Waals surface area contributed by atoms with E-state index in [9.17, 15) is 0 Å². The second-order valence-electron chi connectivity index (χ2n) is 7.89. The van der Waals surface area contributed by atoms with Crippen LogP contribution in [0.3, 0.4) is 0 Å². The molecule has 5 aromatic rings. The van der Waals surface area contributed by atoms with Crippen molar-refractivity contribution in [2.45, 2.75) is 13.0 Å². The number of hydrogen-bond acceptors (Lipinski definition) is 7. The van der Waals surface area contributed by atoms with Crippen LogP contribution in [0.4, 0.5) is 5.82 Å². The summed E-state index contributed by atoms with van der Waals surface area (Å²) < 4.78 is 7.09. The lowest BCUT2D eigenvalue weighted by Gasteiger charge is -2.26. The number of para-hydroxylation sites is 1. The Hall–Kier alpha value is -4.04.